The van der Waals surface area contributed by atoms with E-state index in [4.69, 9.17) is 13.9 Å². The Hall–Kier alpha value is -3.08. The topological polar surface area (TPSA) is 65.7 Å². The Labute approximate surface area is 157 Å². The van der Waals surface area contributed by atoms with Crippen molar-refractivity contribution in [3.63, 3.8) is 0 Å². The van der Waals surface area contributed by atoms with Crippen molar-refractivity contribution < 1.29 is 18.7 Å². The van der Waals surface area contributed by atoms with E-state index in [1.165, 1.54) is 6.07 Å². The van der Waals surface area contributed by atoms with E-state index in [0.29, 0.717) is 22.8 Å². The minimum atomic E-state index is -0.503. The third kappa shape index (κ3) is 4.56. The number of aryl methyl sites for hydroxylation is 1. The van der Waals surface area contributed by atoms with Gasteiger partial charge in [-0.25, -0.2) is 9.59 Å². The fraction of sp³-hybridized carbons (Fsp3) is 0.273. The van der Waals surface area contributed by atoms with E-state index >= 15 is 0 Å². The summed E-state index contributed by atoms with van der Waals surface area (Å²) >= 11 is 0. The molecule has 2 aromatic carbocycles. The van der Waals surface area contributed by atoms with Crippen molar-refractivity contribution in [3.8, 4) is 5.75 Å². The molecule has 0 atom stereocenters. The second-order valence-electron chi connectivity index (χ2n) is 6.71. The summed E-state index contributed by atoms with van der Waals surface area (Å²) in [6.07, 6.45) is 0. The van der Waals surface area contributed by atoms with Gasteiger partial charge in [-0.3, -0.25) is 0 Å². The largest absolute Gasteiger partial charge is 0.482 e. The molecule has 0 fully saturated rings. The number of benzene rings is 2. The van der Waals surface area contributed by atoms with Crippen LogP contribution in [0.15, 0.2) is 57.7 Å². The Kier molecular flexibility index (Phi) is 5.60. The van der Waals surface area contributed by atoms with Gasteiger partial charge in [0.1, 0.15) is 17.9 Å². The highest BCUT2D eigenvalue weighted by Gasteiger charge is 2.13. The number of carbonyl (C=O) groups is 1. The average molecular weight is 366 g/mol. The van der Waals surface area contributed by atoms with Crippen molar-refractivity contribution in [3.05, 3.63) is 75.6 Å². The number of esters is 1. The first kappa shape index (κ1) is 18.7. The Balaban J connectivity index is 1.76. The van der Waals surface area contributed by atoms with Crippen LogP contribution >= 0.6 is 0 Å². The molecule has 0 saturated carbocycles. The van der Waals surface area contributed by atoms with Crippen LogP contribution in [0.4, 0.5) is 0 Å². The van der Waals surface area contributed by atoms with Crippen LogP contribution in [0, 0.1) is 6.92 Å². The fourth-order valence-corrected chi connectivity index (χ4v) is 2.99. The molecule has 0 bridgehead atoms. The van der Waals surface area contributed by atoms with Gasteiger partial charge in [0.2, 0.25) is 0 Å². The highest BCUT2D eigenvalue weighted by Crippen LogP contribution is 2.27. The predicted molar refractivity (Wildman–Crippen MR) is 103 cm³/mol. The van der Waals surface area contributed by atoms with Gasteiger partial charge in [-0.2, -0.15) is 0 Å². The average Bonchev–Trinajstić information content (AvgIpc) is 2.64. The van der Waals surface area contributed by atoms with E-state index in [-0.39, 0.29) is 13.2 Å². The van der Waals surface area contributed by atoms with Crippen LogP contribution < -0.4 is 10.4 Å². The summed E-state index contributed by atoms with van der Waals surface area (Å²) in [5.41, 5.74) is 2.88. The lowest BCUT2D eigenvalue weighted by atomic mass is 9.95. The Morgan fingerprint density at radius 2 is 1.85 bits per heavy atom. The molecular formula is C22H22O5. The molecule has 1 heterocycles. The van der Waals surface area contributed by atoms with Crippen LogP contribution in [0.1, 0.15) is 36.5 Å². The predicted octanol–water partition coefficient (Wildman–Crippen LogP) is 4.35. The van der Waals surface area contributed by atoms with E-state index in [1.54, 1.807) is 12.1 Å². The number of carbonyl (C=O) groups excluding carboxylic acids is 1. The minimum absolute atomic E-state index is 0.0142. The minimum Gasteiger partial charge on any atom is -0.482 e. The van der Waals surface area contributed by atoms with Crippen LogP contribution in [-0.2, 0) is 16.1 Å². The summed E-state index contributed by atoms with van der Waals surface area (Å²) < 4.78 is 16.0. The zero-order chi connectivity index (χ0) is 19.4. The normalized spacial score (nSPS) is 11.0. The van der Waals surface area contributed by atoms with Gasteiger partial charge in [0.25, 0.3) is 0 Å². The molecule has 0 spiro atoms. The number of hydrogen-bond acceptors (Lipinski definition) is 5. The lowest BCUT2D eigenvalue weighted by Gasteiger charge is -2.13. The van der Waals surface area contributed by atoms with E-state index in [1.807, 2.05) is 37.3 Å². The maximum absolute atomic E-state index is 12.0. The molecule has 0 aliphatic rings. The highest BCUT2D eigenvalue weighted by molar-refractivity contribution is 5.82. The summed E-state index contributed by atoms with van der Waals surface area (Å²) in [6, 6.07) is 14.3. The molecule has 5 heteroatoms. The van der Waals surface area contributed by atoms with Crippen LogP contribution in [0.25, 0.3) is 11.0 Å². The highest BCUT2D eigenvalue weighted by atomic mass is 16.6. The van der Waals surface area contributed by atoms with Gasteiger partial charge in [-0.15, -0.1) is 0 Å². The Morgan fingerprint density at radius 3 is 2.56 bits per heavy atom. The molecule has 0 aliphatic heterocycles. The number of hydrogen-bond donors (Lipinski definition) is 0. The molecule has 0 saturated heterocycles. The zero-order valence-electron chi connectivity index (χ0n) is 15.7. The van der Waals surface area contributed by atoms with Crippen molar-refractivity contribution >= 4 is 16.9 Å². The van der Waals surface area contributed by atoms with Crippen molar-refractivity contribution in [2.75, 3.05) is 6.61 Å². The maximum atomic E-state index is 12.0. The summed E-state index contributed by atoms with van der Waals surface area (Å²) in [5, 5.41) is 0.778. The van der Waals surface area contributed by atoms with Crippen molar-refractivity contribution in [1.29, 1.82) is 0 Å². The van der Waals surface area contributed by atoms with Gasteiger partial charge in [0.15, 0.2) is 6.61 Å². The van der Waals surface area contributed by atoms with Gasteiger partial charge in [-0.1, -0.05) is 32.0 Å². The Morgan fingerprint density at radius 1 is 1.11 bits per heavy atom. The first-order valence-corrected chi connectivity index (χ1v) is 8.85. The standard InChI is InChI=1S/C22H22O5/c1-14(2)18-11-19-16(10-21(23)27-20(19)9-15(18)3)12-26-22(24)13-25-17-7-5-4-6-8-17/h4-11,14H,12-13H2,1-3H3. The SMILES string of the molecule is Cc1cc2oc(=O)cc(COC(=O)COc3ccccc3)c2cc1C(C)C. The lowest BCUT2D eigenvalue weighted by Crippen LogP contribution is -2.15. The molecule has 3 aromatic rings. The molecule has 0 N–H and O–H groups in total. The van der Waals surface area contributed by atoms with E-state index in [0.717, 1.165) is 16.5 Å². The molecule has 140 valence electrons. The maximum Gasteiger partial charge on any atom is 0.344 e. The zero-order valence-corrected chi connectivity index (χ0v) is 15.7. The van der Waals surface area contributed by atoms with E-state index in [9.17, 15) is 9.59 Å². The number of rotatable bonds is 6. The van der Waals surface area contributed by atoms with Gasteiger partial charge in [0, 0.05) is 17.0 Å². The first-order valence-electron chi connectivity index (χ1n) is 8.85. The number of fused-ring (bicyclic) bond motifs is 1. The molecule has 0 aliphatic carbocycles. The third-order valence-corrected chi connectivity index (χ3v) is 4.33. The fourth-order valence-electron chi connectivity index (χ4n) is 2.99. The summed E-state index contributed by atoms with van der Waals surface area (Å²) in [4.78, 5) is 23.8. The molecule has 5 nitrogen and oxygen atoms in total. The van der Waals surface area contributed by atoms with Gasteiger partial charge in [0.05, 0.1) is 0 Å². The molecule has 1 aromatic heterocycles. The molecular weight excluding hydrogens is 344 g/mol. The van der Waals surface area contributed by atoms with Crippen LogP contribution in [-0.4, -0.2) is 12.6 Å². The molecule has 3 rings (SSSR count). The monoisotopic (exact) mass is 366 g/mol. The van der Waals surface area contributed by atoms with Crippen LogP contribution in [0.3, 0.4) is 0 Å². The van der Waals surface area contributed by atoms with E-state index < -0.39 is 11.6 Å². The van der Waals surface area contributed by atoms with Gasteiger partial charge < -0.3 is 13.9 Å². The number of ether oxygens (including phenoxy) is 2. The number of para-hydroxylation sites is 1. The molecule has 0 radical (unpaired) electrons. The van der Waals surface area contributed by atoms with Gasteiger partial charge >= 0.3 is 11.6 Å². The summed E-state index contributed by atoms with van der Waals surface area (Å²) in [7, 11) is 0. The van der Waals surface area contributed by atoms with Crippen LogP contribution in [0.5, 0.6) is 5.75 Å². The summed E-state index contributed by atoms with van der Waals surface area (Å²) in [5.74, 6) is 0.421. The molecule has 0 amide bonds. The second kappa shape index (κ2) is 8.08. The first-order chi connectivity index (χ1) is 12.9. The second-order valence-corrected chi connectivity index (χ2v) is 6.71. The summed E-state index contributed by atoms with van der Waals surface area (Å²) in [6.45, 7) is 5.99. The lowest BCUT2D eigenvalue weighted by molar-refractivity contribution is -0.147. The van der Waals surface area contributed by atoms with E-state index in [2.05, 4.69) is 13.8 Å². The third-order valence-electron chi connectivity index (χ3n) is 4.33. The smallest absolute Gasteiger partial charge is 0.344 e. The van der Waals surface area contributed by atoms with Gasteiger partial charge in [-0.05, 0) is 48.2 Å². The van der Waals surface area contributed by atoms with Crippen molar-refractivity contribution in [2.45, 2.75) is 33.3 Å². The van der Waals surface area contributed by atoms with Crippen molar-refractivity contribution in [2.24, 2.45) is 0 Å². The Bertz CT molecular complexity index is 1000. The van der Waals surface area contributed by atoms with Crippen molar-refractivity contribution in [1.82, 2.24) is 0 Å². The molecule has 0 unspecified atom stereocenters. The quantitative estimate of drug-likeness (QED) is 0.479. The molecule has 27 heavy (non-hydrogen) atoms. The van der Waals surface area contributed by atoms with Crippen LogP contribution in [0.2, 0.25) is 0 Å².